The first kappa shape index (κ1) is 18.7. The van der Waals surface area contributed by atoms with Gasteiger partial charge in [0.2, 0.25) is 11.8 Å². The predicted octanol–water partition coefficient (Wildman–Crippen LogP) is 1.43. The minimum Gasteiger partial charge on any atom is -0.342 e. The summed E-state index contributed by atoms with van der Waals surface area (Å²) in [5.74, 6) is 0.401. The maximum Gasteiger partial charge on any atom is 0.245 e. The fraction of sp³-hybridized carbons (Fsp3) is 0.476. The molecule has 1 aromatic heterocycles. The van der Waals surface area contributed by atoms with E-state index < -0.39 is 6.04 Å². The minimum atomic E-state index is -0.395. The maximum atomic E-state index is 12.7. The van der Waals surface area contributed by atoms with Crippen LogP contribution in [0.1, 0.15) is 25.8 Å². The van der Waals surface area contributed by atoms with Gasteiger partial charge in [-0.15, -0.1) is 0 Å². The summed E-state index contributed by atoms with van der Waals surface area (Å²) in [6.45, 7) is 6.77. The average molecular weight is 381 g/mol. The zero-order valence-electron chi connectivity index (χ0n) is 16.4. The molecular weight excluding hydrogens is 354 g/mol. The van der Waals surface area contributed by atoms with E-state index in [-0.39, 0.29) is 17.9 Å². The number of fused-ring (bicyclic) bond motifs is 1. The molecule has 3 heterocycles. The molecule has 2 atom stereocenters. The number of nitrogens with one attached hydrogen (secondary N) is 1. The van der Waals surface area contributed by atoms with Crippen LogP contribution in [-0.4, -0.2) is 63.1 Å². The van der Waals surface area contributed by atoms with Crippen LogP contribution in [0.2, 0.25) is 0 Å². The molecule has 0 unspecified atom stereocenters. The molecule has 2 fully saturated rings. The largest absolute Gasteiger partial charge is 0.342 e. The third kappa shape index (κ3) is 3.80. The van der Waals surface area contributed by atoms with Crippen LogP contribution in [0.3, 0.4) is 0 Å². The molecule has 28 heavy (non-hydrogen) atoms. The normalized spacial score (nSPS) is 23.0. The smallest absolute Gasteiger partial charge is 0.245 e. The summed E-state index contributed by atoms with van der Waals surface area (Å²) < 4.78 is 1.86. The van der Waals surface area contributed by atoms with E-state index >= 15 is 0 Å². The van der Waals surface area contributed by atoms with Gasteiger partial charge in [-0.3, -0.25) is 14.5 Å². The van der Waals surface area contributed by atoms with Crippen LogP contribution in [0, 0.1) is 5.92 Å². The quantitative estimate of drug-likeness (QED) is 0.851. The highest BCUT2D eigenvalue weighted by Crippen LogP contribution is 2.21. The Bertz CT molecular complexity index is 847. The highest BCUT2D eigenvalue weighted by molar-refractivity contribution is 5.97. The molecule has 0 bridgehead atoms. The van der Waals surface area contributed by atoms with Crippen molar-refractivity contribution in [3.8, 4) is 5.69 Å². The summed E-state index contributed by atoms with van der Waals surface area (Å²) in [7, 11) is 0. The van der Waals surface area contributed by atoms with Gasteiger partial charge >= 0.3 is 0 Å². The van der Waals surface area contributed by atoms with Crippen molar-refractivity contribution in [2.24, 2.45) is 5.92 Å². The monoisotopic (exact) mass is 381 g/mol. The van der Waals surface area contributed by atoms with Crippen LogP contribution < -0.4 is 5.32 Å². The van der Waals surface area contributed by atoms with E-state index in [2.05, 4.69) is 29.2 Å². The summed E-state index contributed by atoms with van der Waals surface area (Å²) in [4.78, 5) is 29.3. The molecule has 2 aliphatic heterocycles. The molecule has 1 N–H and O–H groups in total. The van der Waals surface area contributed by atoms with Gasteiger partial charge in [0, 0.05) is 37.9 Å². The first-order valence-corrected chi connectivity index (χ1v) is 9.93. The lowest BCUT2D eigenvalue weighted by molar-refractivity contribution is -0.153. The Kier molecular flexibility index (Phi) is 5.17. The van der Waals surface area contributed by atoms with Crippen molar-refractivity contribution in [2.45, 2.75) is 38.9 Å². The predicted molar refractivity (Wildman–Crippen MR) is 106 cm³/mol. The zero-order valence-corrected chi connectivity index (χ0v) is 16.4. The molecule has 0 radical (unpaired) electrons. The third-order valence-corrected chi connectivity index (χ3v) is 5.43. The fourth-order valence-electron chi connectivity index (χ4n) is 4.05. The second kappa shape index (κ2) is 7.75. The van der Waals surface area contributed by atoms with Crippen molar-refractivity contribution in [2.75, 3.05) is 19.6 Å². The fourth-order valence-corrected chi connectivity index (χ4v) is 4.05. The number of nitrogens with zero attached hydrogens (tertiary/aromatic N) is 4. The Morgan fingerprint density at radius 2 is 1.96 bits per heavy atom. The summed E-state index contributed by atoms with van der Waals surface area (Å²) in [6.07, 6.45) is 4.58. The van der Waals surface area contributed by atoms with E-state index in [9.17, 15) is 9.59 Å². The van der Waals surface area contributed by atoms with Crippen LogP contribution in [0.5, 0.6) is 0 Å². The summed E-state index contributed by atoms with van der Waals surface area (Å²) in [5, 5.41) is 7.38. The van der Waals surface area contributed by atoms with E-state index in [4.69, 9.17) is 0 Å². The molecule has 2 aliphatic rings. The SMILES string of the molecule is CC(C)C[C@@H]1NC(=O)[C@H]2CN(Cc3cnn(-c4ccccc4)c3)CCN2C1=O. The number of benzene rings is 1. The number of rotatable bonds is 5. The standard InChI is InChI=1S/C21H27N5O2/c1-15(2)10-18-21(28)25-9-8-24(14-19(25)20(27)23-18)12-16-11-22-26(13-16)17-6-4-3-5-7-17/h3-7,11,13,15,18-19H,8-10,12,14H2,1-2H3,(H,23,27)/t18-,19+/m0/s1. The topological polar surface area (TPSA) is 70.5 Å². The van der Waals surface area contributed by atoms with E-state index in [0.717, 1.165) is 17.8 Å². The number of piperazine rings is 2. The summed E-state index contributed by atoms with van der Waals surface area (Å²) in [6, 6.07) is 9.22. The maximum absolute atomic E-state index is 12.7. The van der Waals surface area contributed by atoms with Gasteiger partial charge in [0.25, 0.3) is 0 Å². The second-order valence-corrected chi connectivity index (χ2v) is 8.10. The first-order valence-electron chi connectivity index (χ1n) is 9.93. The lowest BCUT2D eigenvalue weighted by atomic mass is 9.97. The number of hydrogen-bond donors (Lipinski definition) is 1. The van der Waals surface area contributed by atoms with Crippen molar-refractivity contribution >= 4 is 11.8 Å². The van der Waals surface area contributed by atoms with E-state index in [0.29, 0.717) is 32.0 Å². The lowest BCUT2D eigenvalue weighted by Gasteiger charge is -2.45. The molecule has 2 saturated heterocycles. The number of carbonyl (C=O) groups is 2. The van der Waals surface area contributed by atoms with Crippen LogP contribution >= 0.6 is 0 Å². The molecule has 0 saturated carbocycles. The number of para-hydroxylation sites is 1. The highest BCUT2D eigenvalue weighted by atomic mass is 16.2. The Morgan fingerprint density at radius 3 is 2.71 bits per heavy atom. The third-order valence-electron chi connectivity index (χ3n) is 5.43. The number of carbonyl (C=O) groups excluding carboxylic acids is 2. The number of hydrogen-bond acceptors (Lipinski definition) is 4. The molecule has 4 rings (SSSR count). The Morgan fingerprint density at radius 1 is 1.18 bits per heavy atom. The van der Waals surface area contributed by atoms with Crippen LogP contribution in [-0.2, 0) is 16.1 Å². The minimum absolute atomic E-state index is 0.0325. The van der Waals surface area contributed by atoms with Gasteiger partial charge in [-0.2, -0.15) is 5.10 Å². The summed E-state index contributed by atoms with van der Waals surface area (Å²) >= 11 is 0. The lowest BCUT2D eigenvalue weighted by Crippen LogP contribution is -2.69. The van der Waals surface area contributed by atoms with Crippen LogP contribution in [0.4, 0.5) is 0 Å². The highest BCUT2D eigenvalue weighted by Gasteiger charge is 2.43. The molecule has 7 nitrogen and oxygen atoms in total. The second-order valence-electron chi connectivity index (χ2n) is 8.10. The van der Waals surface area contributed by atoms with Crippen molar-refractivity contribution in [1.29, 1.82) is 0 Å². The Balaban J connectivity index is 1.40. The van der Waals surface area contributed by atoms with Crippen molar-refractivity contribution in [3.05, 3.63) is 48.3 Å². The molecule has 7 heteroatoms. The molecule has 2 amide bonds. The van der Waals surface area contributed by atoms with Gasteiger partial charge in [-0.25, -0.2) is 4.68 Å². The Labute approximate surface area is 165 Å². The van der Waals surface area contributed by atoms with Gasteiger partial charge in [-0.1, -0.05) is 32.0 Å². The summed E-state index contributed by atoms with van der Waals surface area (Å²) in [5.41, 5.74) is 2.12. The van der Waals surface area contributed by atoms with E-state index in [1.54, 1.807) is 4.90 Å². The van der Waals surface area contributed by atoms with Crippen molar-refractivity contribution in [3.63, 3.8) is 0 Å². The zero-order chi connectivity index (χ0) is 19.7. The van der Waals surface area contributed by atoms with Crippen molar-refractivity contribution < 1.29 is 9.59 Å². The van der Waals surface area contributed by atoms with Crippen molar-refractivity contribution in [1.82, 2.24) is 24.9 Å². The molecule has 0 aliphatic carbocycles. The molecule has 148 valence electrons. The molecule has 1 aromatic carbocycles. The van der Waals surface area contributed by atoms with Crippen LogP contribution in [0.15, 0.2) is 42.7 Å². The first-order chi connectivity index (χ1) is 13.5. The molecule has 2 aromatic rings. The van der Waals surface area contributed by atoms with E-state index in [1.165, 1.54) is 0 Å². The van der Waals surface area contributed by atoms with E-state index in [1.807, 2.05) is 47.4 Å². The van der Waals surface area contributed by atoms with Gasteiger partial charge in [0.1, 0.15) is 12.1 Å². The van der Waals surface area contributed by atoms with Gasteiger partial charge in [-0.05, 0) is 24.5 Å². The Hall–Kier alpha value is -2.67. The number of aromatic nitrogens is 2. The van der Waals surface area contributed by atoms with Crippen LogP contribution in [0.25, 0.3) is 5.69 Å². The van der Waals surface area contributed by atoms with Gasteiger partial charge in [0.15, 0.2) is 0 Å². The van der Waals surface area contributed by atoms with Gasteiger partial charge < -0.3 is 10.2 Å². The molecule has 0 spiro atoms. The molecular formula is C21H27N5O2. The van der Waals surface area contributed by atoms with Gasteiger partial charge in [0.05, 0.1) is 11.9 Å². The average Bonchev–Trinajstić information content (AvgIpc) is 3.15. The number of amides is 2.